The molecule has 2 bridgehead atoms. The number of carbonyl (C=O) groups excluding carboxylic acids is 1. The van der Waals surface area contributed by atoms with Crippen LogP contribution in [0.3, 0.4) is 0 Å². The molecule has 21 heteroatoms. The molecule has 4 aliphatic heterocycles. The molecule has 41 heavy (non-hydrogen) atoms. The van der Waals surface area contributed by atoms with Gasteiger partial charge in [0.15, 0.2) is 12.3 Å². The number of phosphoric acid groups is 1. The van der Waals surface area contributed by atoms with Crippen molar-refractivity contribution in [2.45, 2.75) is 68.0 Å². The first-order valence-corrected chi connectivity index (χ1v) is 16.9. The Labute approximate surface area is 238 Å². The molecule has 0 spiro atoms. The van der Waals surface area contributed by atoms with E-state index in [0.29, 0.717) is 18.7 Å². The van der Waals surface area contributed by atoms with Crippen LogP contribution in [-0.2, 0) is 44.0 Å². The first-order valence-electron chi connectivity index (χ1n) is 12.8. The summed E-state index contributed by atoms with van der Waals surface area (Å²) < 4.78 is 41.3. The maximum atomic E-state index is 13.1. The monoisotopic (exact) mass is 636 g/mol. The van der Waals surface area contributed by atoms with Crippen LogP contribution in [0.4, 0.5) is 5.82 Å². The zero-order valence-corrected chi connectivity index (χ0v) is 23.9. The predicted molar refractivity (Wildman–Crippen MR) is 142 cm³/mol. The van der Waals surface area contributed by atoms with Crippen LogP contribution in [-0.4, -0.2) is 110 Å². The molecular formula is C20H30N8O10P2S. The van der Waals surface area contributed by atoms with E-state index in [9.17, 15) is 24.3 Å². The lowest BCUT2D eigenvalue weighted by Crippen LogP contribution is -2.70. The van der Waals surface area contributed by atoms with E-state index in [-0.39, 0.29) is 12.6 Å². The first kappa shape index (κ1) is 29.4. The molecule has 0 radical (unpaired) electrons. The second-order valence-corrected chi connectivity index (χ2v) is 14.4. The van der Waals surface area contributed by atoms with Crippen LogP contribution in [0.1, 0.15) is 12.8 Å². The second kappa shape index (κ2) is 11.4. The number of aliphatic imine (C=N–C) groups is 1. The fraction of sp³-hybridized carbons (Fsp3) is 0.700. The van der Waals surface area contributed by atoms with E-state index in [1.165, 1.54) is 17.6 Å². The van der Waals surface area contributed by atoms with Crippen molar-refractivity contribution in [1.82, 2.24) is 25.5 Å². The maximum Gasteiger partial charge on any atom is 0.472 e. The Morgan fingerprint density at radius 3 is 2.80 bits per heavy atom. The number of hydrogen-bond acceptors (Lipinski definition) is 16. The van der Waals surface area contributed by atoms with E-state index in [4.69, 9.17) is 40.4 Å². The van der Waals surface area contributed by atoms with Crippen molar-refractivity contribution >= 4 is 44.4 Å². The van der Waals surface area contributed by atoms with Crippen molar-refractivity contribution in [3.05, 3.63) is 18.6 Å². The highest BCUT2D eigenvalue weighted by atomic mass is 32.5. The van der Waals surface area contributed by atoms with E-state index >= 15 is 0 Å². The number of aromatic nitrogens is 2. The van der Waals surface area contributed by atoms with Gasteiger partial charge in [0, 0.05) is 18.2 Å². The molecule has 5 unspecified atom stereocenters. The molecule has 1 aromatic rings. The molecule has 5 heterocycles. The number of aliphatic hydroxyl groups excluding tert-OH is 1. The van der Waals surface area contributed by atoms with Gasteiger partial charge in [-0.2, -0.15) is 0 Å². The van der Waals surface area contributed by atoms with Crippen LogP contribution in [0.5, 0.6) is 0 Å². The number of hydrogen-bond donors (Lipinski definition) is 7. The summed E-state index contributed by atoms with van der Waals surface area (Å²) in [7, 11) is -4.79. The van der Waals surface area contributed by atoms with Gasteiger partial charge >= 0.3 is 14.5 Å². The van der Waals surface area contributed by atoms with E-state index in [0.717, 1.165) is 0 Å². The molecule has 8 N–H and O–H groups in total. The van der Waals surface area contributed by atoms with Crippen LogP contribution in [0.25, 0.3) is 0 Å². The van der Waals surface area contributed by atoms with E-state index in [2.05, 4.69) is 30.9 Å². The molecule has 3 saturated heterocycles. The van der Waals surface area contributed by atoms with E-state index in [1.54, 1.807) is 12.3 Å². The first-order chi connectivity index (χ1) is 19.5. The minimum absolute atomic E-state index is 0.190. The smallest absolute Gasteiger partial charge is 0.387 e. The number of nitrogens with one attached hydrogen (secondary N) is 3. The molecule has 18 nitrogen and oxygen atoms in total. The number of rotatable bonds is 3. The molecule has 5 aliphatic rings. The second-order valence-electron chi connectivity index (χ2n) is 10.2. The van der Waals surface area contributed by atoms with Gasteiger partial charge in [0.2, 0.25) is 0 Å². The highest BCUT2D eigenvalue weighted by Gasteiger charge is 2.55. The van der Waals surface area contributed by atoms with Gasteiger partial charge in [0.05, 0.1) is 25.7 Å². The number of aliphatic hydroxyl groups is 1. The highest BCUT2D eigenvalue weighted by Crippen LogP contribution is 2.53. The Balaban J connectivity index is 1.22. The van der Waals surface area contributed by atoms with Crippen LogP contribution in [0, 0.1) is 5.92 Å². The molecule has 1 amide bonds. The quantitative estimate of drug-likeness (QED) is 0.175. The summed E-state index contributed by atoms with van der Waals surface area (Å²) in [6.45, 7) is -4.58. The van der Waals surface area contributed by atoms with Gasteiger partial charge in [-0.25, -0.2) is 14.5 Å². The minimum Gasteiger partial charge on any atom is -0.387 e. The lowest BCUT2D eigenvalue weighted by atomic mass is 10.1. The Bertz CT molecular complexity index is 1270. The highest BCUT2D eigenvalue weighted by molar-refractivity contribution is 8.07. The van der Waals surface area contributed by atoms with Gasteiger partial charge in [0.25, 0.3) is 5.91 Å². The number of nitrogens with two attached hydrogens (primary N) is 1. The summed E-state index contributed by atoms with van der Waals surface area (Å²) in [5.41, 5.74) is 5.85. The van der Waals surface area contributed by atoms with Crippen LogP contribution in [0.15, 0.2) is 23.6 Å². The molecule has 1 saturated carbocycles. The van der Waals surface area contributed by atoms with Crippen molar-refractivity contribution < 1.29 is 47.1 Å². The standard InChI is InChI=1S/C20H30N8O10P2S/c21-20-26-17-14(18(30)27-20)24-8-28(17)19-16-15(29)12(36-19)6-35-40(33,41)37-11-4-10(25-13-1-2-22-7-23-13)3-9(11)5-34-39(31,32)38-16/h1-2,7-12,14-17,19-20,26,29H,3-6,21H2,(H,27,30)(H,31,32)(H,33,41)(H,22,23,25)/t9-,10-,11+,12-,14?,15-,16-,17?,19-,20?,40?/m1/s1. The van der Waals surface area contributed by atoms with Gasteiger partial charge in [0.1, 0.15) is 42.9 Å². The Kier molecular flexibility index (Phi) is 8.18. The Morgan fingerprint density at radius 1 is 1.20 bits per heavy atom. The summed E-state index contributed by atoms with van der Waals surface area (Å²) in [6, 6.07) is 0.606. The summed E-state index contributed by atoms with van der Waals surface area (Å²) in [5, 5.41) is 19.8. The molecule has 1 aromatic heterocycles. The number of carbonyl (C=O) groups is 1. The Hall–Kier alpha value is -1.70. The fourth-order valence-corrected chi connectivity index (χ4v) is 8.08. The van der Waals surface area contributed by atoms with Crippen LogP contribution in [0.2, 0.25) is 0 Å². The predicted octanol–water partition coefficient (Wildman–Crippen LogP) is -2.11. The van der Waals surface area contributed by atoms with Crippen LogP contribution >= 0.6 is 14.5 Å². The van der Waals surface area contributed by atoms with Crippen molar-refractivity contribution in [1.29, 1.82) is 0 Å². The molecule has 12 atom stereocenters. The molecular weight excluding hydrogens is 606 g/mol. The lowest BCUT2D eigenvalue weighted by molar-refractivity contribution is -0.130. The summed E-state index contributed by atoms with van der Waals surface area (Å²) in [5.74, 6) is -0.349. The largest absolute Gasteiger partial charge is 0.472 e. The van der Waals surface area contributed by atoms with Crippen molar-refractivity contribution in [2.75, 3.05) is 18.5 Å². The van der Waals surface area contributed by atoms with E-state index < -0.39 is 82.1 Å². The number of ether oxygens (including phenoxy) is 1. The number of fused-ring (bicyclic) bond motifs is 4. The zero-order valence-electron chi connectivity index (χ0n) is 21.3. The third-order valence-corrected chi connectivity index (χ3v) is 10.0. The van der Waals surface area contributed by atoms with Gasteiger partial charge in [-0.1, -0.05) is 0 Å². The van der Waals surface area contributed by atoms with Crippen molar-refractivity contribution in [3.8, 4) is 0 Å². The van der Waals surface area contributed by atoms with Crippen molar-refractivity contribution in [3.63, 3.8) is 0 Å². The van der Waals surface area contributed by atoms with Gasteiger partial charge in [-0.3, -0.25) is 29.9 Å². The minimum atomic E-state index is -4.79. The van der Waals surface area contributed by atoms with E-state index in [1.807, 2.05) is 0 Å². The van der Waals surface area contributed by atoms with Gasteiger partial charge in [-0.15, -0.1) is 0 Å². The molecule has 6 rings (SSSR count). The Morgan fingerprint density at radius 2 is 2.02 bits per heavy atom. The molecule has 1 aliphatic carbocycles. The van der Waals surface area contributed by atoms with Crippen molar-refractivity contribution in [2.24, 2.45) is 16.6 Å². The number of phosphoric ester groups is 1. The fourth-order valence-electron chi connectivity index (χ4n) is 5.59. The van der Waals surface area contributed by atoms with Gasteiger partial charge < -0.3 is 44.2 Å². The van der Waals surface area contributed by atoms with Crippen LogP contribution < -0.4 is 21.7 Å². The lowest BCUT2D eigenvalue weighted by Gasteiger charge is -2.39. The van der Waals surface area contributed by atoms with Gasteiger partial charge in [-0.05, 0) is 30.7 Å². The summed E-state index contributed by atoms with van der Waals surface area (Å²) in [6.07, 6.45) is -2.71. The SMILES string of the molecule is NC1NC(=O)C2N=CN([C@@H]3O[C@@H]4COP(O)(=S)O[C@H]5C[C@H](Nc6ccncn6)C[C@@H]5COP(=O)(O)O[C@@H]3[C@@H]4O)C2N1. The molecule has 226 valence electrons. The topological polar surface area (TPSA) is 244 Å². The summed E-state index contributed by atoms with van der Waals surface area (Å²) >= 11 is 5.26. The average molecular weight is 637 g/mol. The third kappa shape index (κ3) is 6.33. The molecule has 4 fully saturated rings. The molecule has 0 aromatic carbocycles. The average Bonchev–Trinajstić information content (AvgIpc) is 3.57. The maximum absolute atomic E-state index is 13.1. The number of nitrogens with zero attached hydrogens (tertiary/aromatic N) is 4. The number of amides is 1. The summed E-state index contributed by atoms with van der Waals surface area (Å²) in [4.78, 5) is 47.6. The number of anilines is 1. The normalized spacial score (nSPS) is 46.5. The third-order valence-electron chi connectivity index (χ3n) is 7.45. The zero-order chi connectivity index (χ0) is 28.9.